The number of nitrogens with one attached hydrogen (secondary N) is 1. The number of hydrogen-bond acceptors (Lipinski definition) is 5. The summed E-state index contributed by atoms with van der Waals surface area (Å²) in [5, 5.41) is 5.87. The van der Waals surface area contributed by atoms with Crippen molar-refractivity contribution in [2.24, 2.45) is 5.10 Å². The molecule has 1 aromatic heterocycles. The number of hydrogen-bond donors (Lipinski definition) is 1. The van der Waals surface area contributed by atoms with E-state index in [4.69, 9.17) is 4.74 Å². The molecule has 5 nitrogen and oxygen atoms in total. The lowest BCUT2D eigenvalue weighted by molar-refractivity contribution is -0.120. The molecular formula is C20H15IN2O3S. The van der Waals surface area contributed by atoms with E-state index in [9.17, 15) is 9.59 Å². The molecule has 0 saturated heterocycles. The minimum atomic E-state index is -0.401. The summed E-state index contributed by atoms with van der Waals surface area (Å²) in [6.07, 6.45) is 1.85. The number of esters is 1. The van der Waals surface area contributed by atoms with Crippen molar-refractivity contribution in [1.29, 1.82) is 0 Å². The normalized spacial score (nSPS) is 10.7. The second-order valence-electron chi connectivity index (χ2n) is 5.49. The van der Waals surface area contributed by atoms with Gasteiger partial charge in [0.05, 0.1) is 18.2 Å². The predicted octanol–water partition coefficient (Wildman–Crippen LogP) is 4.26. The van der Waals surface area contributed by atoms with Crippen LogP contribution in [0.5, 0.6) is 5.75 Å². The molecule has 3 aromatic rings. The third-order valence-electron chi connectivity index (χ3n) is 3.50. The number of ether oxygens (including phenoxy) is 1. The van der Waals surface area contributed by atoms with Crippen molar-refractivity contribution < 1.29 is 14.3 Å². The van der Waals surface area contributed by atoms with Gasteiger partial charge >= 0.3 is 5.97 Å². The molecular weight excluding hydrogens is 475 g/mol. The third kappa shape index (κ3) is 5.73. The molecule has 0 saturated carbocycles. The Bertz CT molecular complexity index is 954. The van der Waals surface area contributed by atoms with Crippen molar-refractivity contribution in [2.45, 2.75) is 6.42 Å². The summed E-state index contributed by atoms with van der Waals surface area (Å²) >= 11 is 3.63. The zero-order valence-corrected chi connectivity index (χ0v) is 17.1. The summed E-state index contributed by atoms with van der Waals surface area (Å²) in [6, 6.07) is 17.9. The van der Waals surface area contributed by atoms with Gasteiger partial charge in [-0.3, -0.25) is 4.79 Å². The summed E-state index contributed by atoms with van der Waals surface area (Å²) in [7, 11) is 0. The van der Waals surface area contributed by atoms with Gasteiger partial charge < -0.3 is 4.74 Å². The fraction of sp³-hybridized carbons (Fsp3) is 0.0500. The van der Waals surface area contributed by atoms with Crippen molar-refractivity contribution in [1.82, 2.24) is 5.43 Å². The van der Waals surface area contributed by atoms with Crippen molar-refractivity contribution in [3.63, 3.8) is 0 Å². The van der Waals surface area contributed by atoms with Crippen LogP contribution in [0.15, 0.2) is 71.1 Å². The van der Waals surface area contributed by atoms with E-state index in [1.807, 2.05) is 29.6 Å². The minimum absolute atomic E-state index is 0.170. The largest absolute Gasteiger partial charge is 0.423 e. The Hall–Kier alpha value is -2.52. The fourth-order valence-corrected chi connectivity index (χ4v) is 3.51. The summed E-state index contributed by atoms with van der Waals surface area (Å²) in [6.45, 7) is 0. The molecule has 0 unspecified atom stereocenters. The first-order valence-electron chi connectivity index (χ1n) is 8.03. The van der Waals surface area contributed by atoms with Crippen molar-refractivity contribution in [3.05, 3.63) is 85.6 Å². The highest BCUT2D eigenvalue weighted by molar-refractivity contribution is 14.1. The Morgan fingerprint density at radius 3 is 2.56 bits per heavy atom. The molecule has 136 valence electrons. The maximum Gasteiger partial charge on any atom is 0.344 e. The molecule has 7 heteroatoms. The van der Waals surface area contributed by atoms with Gasteiger partial charge in [-0.2, -0.15) is 5.10 Å². The second kappa shape index (κ2) is 9.43. The van der Waals surface area contributed by atoms with Crippen LogP contribution < -0.4 is 10.2 Å². The predicted molar refractivity (Wildman–Crippen MR) is 114 cm³/mol. The maximum absolute atomic E-state index is 12.2. The van der Waals surface area contributed by atoms with Crippen LogP contribution in [0.3, 0.4) is 0 Å². The number of carbonyl (C=O) groups excluding carboxylic acids is 2. The third-order valence-corrected chi connectivity index (χ3v) is 5.32. The van der Waals surface area contributed by atoms with Crippen LogP contribution in [0.4, 0.5) is 0 Å². The Balaban J connectivity index is 1.53. The van der Waals surface area contributed by atoms with Gasteiger partial charge in [-0.05, 0) is 76.0 Å². The highest BCUT2D eigenvalue weighted by Gasteiger charge is 2.11. The lowest BCUT2D eigenvalue weighted by Crippen LogP contribution is -2.19. The first-order chi connectivity index (χ1) is 13.1. The van der Waals surface area contributed by atoms with Gasteiger partial charge in [0.25, 0.3) is 0 Å². The molecule has 0 bridgehead atoms. The van der Waals surface area contributed by atoms with E-state index in [2.05, 4.69) is 33.1 Å². The Kier molecular flexibility index (Phi) is 6.72. The summed E-state index contributed by atoms with van der Waals surface area (Å²) in [5.74, 6) is -0.127. The van der Waals surface area contributed by atoms with Crippen molar-refractivity contribution >= 4 is 52.0 Å². The van der Waals surface area contributed by atoms with Gasteiger partial charge in [0.1, 0.15) is 5.75 Å². The standard InChI is InChI=1S/C20H15IN2O3S/c21-18-6-2-1-5-17(18)20(25)26-15-9-7-14(8-10-15)13-22-23-19(24)12-16-4-3-11-27-16/h1-11,13H,12H2,(H,23,24). The highest BCUT2D eigenvalue weighted by atomic mass is 127. The number of nitrogens with zero attached hydrogens (tertiary/aromatic N) is 1. The van der Waals surface area contributed by atoms with Crippen molar-refractivity contribution in [3.8, 4) is 5.75 Å². The molecule has 0 radical (unpaired) electrons. The lowest BCUT2D eigenvalue weighted by atomic mass is 10.2. The van der Waals surface area contributed by atoms with Crippen LogP contribution >= 0.6 is 33.9 Å². The SMILES string of the molecule is O=C(Cc1cccs1)NN=Cc1ccc(OC(=O)c2ccccc2I)cc1. The number of carbonyl (C=O) groups is 2. The van der Waals surface area contributed by atoms with Gasteiger partial charge in [-0.15, -0.1) is 11.3 Å². The first-order valence-corrected chi connectivity index (χ1v) is 9.99. The second-order valence-corrected chi connectivity index (χ2v) is 7.68. The monoisotopic (exact) mass is 490 g/mol. The molecule has 0 aliphatic rings. The molecule has 3 rings (SSSR count). The summed E-state index contributed by atoms with van der Waals surface area (Å²) in [5.41, 5.74) is 3.80. The van der Waals surface area contributed by atoms with E-state index in [0.29, 0.717) is 17.7 Å². The van der Waals surface area contributed by atoms with Gasteiger partial charge in [0, 0.05) is 8.45 Å². The van der Waals surface area contributed by atoms with Crippen LogP contribution in [0.25, 0.3) is 0 Å². The number of amides is 1. The average Bonchev–Trinajstić information content (AvgIpc) is 3.16. The summed E-state index contributed by atoms with van der Waals surface area (Å²) < 4.78 is 6.22. The maximum atomic E-state index is 12.2. The topological polar surface area (TPSA) is 67.8 Å². The van der Waals surface area contributed by atoms with Gasteiger partial charge in [-0.25, -0.2) is 10.2 Å². The van der Waals surface area contributed by atoms with E-state index < -0.39 is 5.97 Å². The molecule has 0 aliphatic carbocycles. The van der Waals surface area contributed by atoms with E-state index >= 15 is 0 Å². The molecule has 0 aliphatic heterocycles. The molecule has 0 atom stereocenters. The molecule has 0 fully saturated rings. The van der Waals surface area contributed by atoms with E-state index in [-0.39, 0.29) is 5.91 Å². The zero-order chi connectivity index (χ0) is 19.1. The molecule has 1 heterocycles. The van der Waals surface area contributed by atoms with Crippen molar-refractivity contribution in [2.75, 3.05) is 0 Å². The molecule has 2 aromatic carbocycles. The van der Waals surface area contributed by atoms with Crippen LogP contribution in [-0.4, -0.2) is 18.1 Å². The number of hydrazone groups is 1. The minimum Gasteiger partial charge on any atom is -0.423 e. The van der Waals surface area contributed by atoms with E-state index in [1.165, 1.54) is 17.6 Å². The smallest absolute Gasteiger partial charge is 0.344 e. The van der Waals surface area contributed by atoms with Crippen LogP contribution in [-0.2, 0) is 11.2 Å². The lowest BCUT2D eigenvalue weighted by Gasteiger charge is -2.06. The molecule has 1 amide bonds. The Morgan fingerprint density at radius 1 is 1.07 bits per heavy atom. The summed E-state index contributed by atoms with van der Waals surface area (Å²) in [4.78, 5) is 24.9. The van der Waals surface area contributed by atoms with Crippen LogP contribution in [0.1, 0.15) is 20.8 Å². The van der Waals surface area contributed by atoms with Gasteiger partial charge in [-0.1, -0.05) is 18.2 Å². The highest BCUT2D eigenvalue weighted by Crippen LogP contribution is 2.17. The van der Waals surface area contributed by atoms with Crippen LogP contribution in [0.2, 0.25) is 0 Å². The van der Waals surface area contributed by atoms with Gasteiger partial charge in [0.2, 0.25) is 5.91 Å². The Labute approximate surface area is 174 Å². The van der Waals surface area contributed by atoms with Gasteiger partial charge in [0.15, 0.2) is 0 Å². The number of thiophene rings is 1. The number of rotatable bonds is 6. The quantitative estimate of drug-likeness (QED) is 0.185. The molecule has 1 N–H and O–H groups in total. The first kappa shape index (κ1) is 19.2. The molecule has 0 spiro atoms. The zero-order valence-electron chi connectivity index (χ0n) is 14.1. The molecule has 27 heavy (non-hydrogen) atoms. The number of halogens is 1. The number of benzene rings is 2. The van der Waals surface area contributed by atoms with E-state index in [0.717, 1.165) is 14.0 Å². The van der Waals surface area contributed by atoms with E-state index in [1.54, 1.807) is 36.4 Å². The fourth-order valence-electron chi connectivity index (χ4n) is 2.20. The van der Waals surface area contributed by atoms with Crippen LogP contribution in [0, 0.1) is 3.57 Å². The average molecular weight is 490 g/mol. The Morgan fingerprint density at radius 2 is 1.85 bits per heavy atom.